The third kappa shape index (κ3) is 4.12. The molecule has 0 aliphatic rings. The Morgan fingerprint density at radius 1 is 1.47 bits per heavy atom. The molecule has 1 atom stereocenters. The molecule has 0 spiro atoms. The molecular weight excluding hydrogens is 246 g/mol. The molecule has 0 aromatic heterocycles. The van der Waals surface area contributed by atoms with Crippen molar-refractivity contribution in [3.8, 4) is 0 Å². The molecule has 0 aliphatic carbocycles. The van der Waals surface area contributed by atoms with Crippen LogP contribution in [-0.2, 0) is 14.3 Å². The molecule has 0 N–H and O–H groups in total. The van der Waals surface area contributed by atoms with Crippen molar-refractivity contribution in [1.82, 2.24) is 0 Å². The topological polar surface area (TPSA) is 86.5 Å². The average Bonchev–Trinajstić information content (AvgIpc) is 2.25. The van der Waals surface area contributed by atoms with Crippen molar-refractivity contribution < 1.29 is 17.5 Å². The van der Waals surface area contributed by atoms with Gasteiger partial charge in [0.15, 0.2) is 0 Å². The predicted molar refractivity (Wildman–Crippen MR) is 62.1 cm³/mol. The normalized spacial score (nSPS) is 13.3. The third-order valence-electron chi connectivity index (χ3n) is 2.11. The number of nitro benzene ring substituents is 1. The van der Waals surface area contributed by atoms with Crippen molar-refractivity contribution in [2.45, 2.75) is 19.4 Å². The minimum atomic E-state index is -3.59. The minimum Gasteiger partial charge on any atom is -0.262 e. The van der Waals surface area contributed by atoms with E-state index in [-0.39, 0.29) is 5.69 Å². The van der Waals surface area contributed by atoms with Gasteiger partial charge in [-0.2, -0.15) is 8.42 Å². The average molecular weight is 259 g/mol. The fourth-order valence-electron chi connectivity index (χ4n) is 1.41. The predicted octanol–water partition coefficient (Wildman–Crippen LogP) is 2.02. The molecule has 7 heteroatoms. The molecule has 1 aromatic rings. The van der Waals surface area contributed by atoms with Gasteiger partial charge in [-0.15, -0.1) is 0 Å². The Kier molecular flexibility index (Phi) is 4.19. The quantitative estimate of drug-likeness (QED) is 0.458. The van der Waals surface area contributed by atoms with Gasteiger partial charge in [0, 0.05) is 12.1 Å². The van der Waals surface area contributed by atoms with Crippen LogP contribution in [0.2, 0.25) is 0 Å². The summed E-state index contributed by atoms with van der Waals surface area (Å²) in [4.78, 5) is 10.1. The summed E-state index contributed by atoms with van der Waals surface area (Å²) in [6.07, 6.45) is 0.672. The van der Waals surface area contributed by atoms with E-state index in [1.165, 1.54) is 18.2 Å². The second-order valence-corrected chi connectivity index (χ2v) is 5.15. The van der Waals surface area contributed by atoms with Crippen molar-refractivity contribution in [1.29, 1.82) is 0 Å². The van der Waals surface area contributed by atoms with Gasteiger partial charge in [0.05, 0.1) is 11.2 Å². The van der Waals surface area contributed by atoms with Gasteiger partial charge >= 0.3 is 0 Å². The molecule has 17 heavy (non-hydrogen) atoms. The van der Waals surface area contributed by atoms with Crippen molar-refractivity contribution >= 4 is 15.8 Å². The molecule has 0 saturated carbocycles. The highest BCUT2D eigenvalue weighted by atomic mass is 32.2. The molecule has 94 valence electrons. The lowest BCUT2D eigenvalue weighted by Crippen LogP contribution is -2.09. The summed E-state index contributed by atoms with van der Waals surface area (Å²) >= 11 is 0. The van der Waals surface area contributed by atoms with Crippen LogP contribution in [0.25, 0.3) is 0 Å². The largest absolute Gasteiger partial charge is 0.269 e. The summed E-state index contributed by atoms with van der Waals surface area (Å²) in [5.74, 6) is 0. The molecule has 6 nitrogen and oxygen atoms in total. The zero-order valence-corrected chi connectivity index (χ0v) is 10.3. The maximum Gasteiger partial charge on any atom is 0.269 e. The number of hydrogen-bond acceptors (Lipinski definition) is 5. The van der Waals surface area contributed by atoms with Gasteiger partial charge in [-0.05, 0) is 12.0 Å². The Morgan fingerprint density at radius 2 is 2.12 bits per heavy atom. The zero-order valence-electron chi connectivity index (χ0n) is 9.49. The van der Waals surface area contributed by atoms with Crippen molar-refractivity contribution in [3.63, 3.8) is 0 Å². The molecule has 0 radical (unpaired) electrons. The van der Waals surface area contributed by atoms with Gasteiger partial charge in [0.2, 0.25) is 0 Å². The van der Waals surface area contributed by atoms with E-state index in [9.17, 15) is 18.5 Å². The Labute approximate surface area is 99.5 Å². The Balaban J connectivity index is 3.04. The molecule has 1 rings (SSSR count). The zero-order chi connectivity index (χ0) is 13.1. The Bertz CT molecular complexity index is 511. The van der Waals surface area contributed by atoms with Crippen molar-refractivity contribution in [3.05, 3.63) is 39.9 Å². The van der Waals surface area contributed by atoms with E-state index >= 15 is 0 Å². The first-order valence-electron chi connectivity index (χ1n) is 4.96. The summed E-state index contributed by atoms with van der Waals surface area (Å²) in [5, 5.41) is 10.6. The first-order valence-corrected chi connectivity index (χ1v) is 6.77. The van der Waals surface area contributed by atoms with Crippen LogP contribution < -0.4 is 0 Å². The number of hydrogen-bond donors (Lipinski definition) is 0. The smallest absolute Gasteiger partial charge is 0.262 e. The van der Waals surface area contributed by atoms with Gasteiger partial charge in [0.1, 0.15) is 6.10 Å². The standard InChI is InChI=1S/C10H13NO5S/c1-3-10(16-17(2,14)15)8-5-4-6-9(7-8)11(12)13/h4-7,10H,3H2,1-2H3/t10-/m0/s1. The van der Waals surface area contributed by atoms with Crippen LogP contribution in [0.5, 0.6) is 0 Å². The van der Waals surface area contributed by atoms with E-state index in [0.29, 0.717) is 12.0 Å². The molecule has 0 amide bonds. The van der Waals surface area contributed by atoms with Gasteiger partial charge in [-0.25, -0.2) is 0 Å². The lowest BCUT2D eigenvalue weighted by molar-refractivity contribution is -0.385. The molecule has 0 fully saturated rings. The summed E-state index contributed by atoms with van der Waals surface area (Å²) in [6, 6.07) is 5.77. The summed E-state index contributed by atoms with van der Waals surface area (Å²) in [6.45, 7) is 1.74. The van der Waals surface area contributed by atoms with Gasteiger partial charge in [0.25, 0.3) is 15.8 Å². The highest BCUT2D eigenvalue weighted by Crippen LogP contribution is 2.25. The third-order valence-corrected chi connectivity index (χ3v) is 2.70. The van der Waals surface area contributed by atoms with Crippen LogP contribution in [0.3, 0.4) is 0 Å². The van der Waals surface area contributed by atoms with E-state index in [2.05, 4.69) is 0 Å². The van der Waals surface area contributed by atoms with E-state index in [1.54, 1.807) is 13.0 Å². The van der Waals surface area contributed by atoms with Crippen LogP contribution in [0, 0.1) is 10.1 Å². The minimum absolute atomic E-state index is 0.0851. The van der Waals surface area contributed by atoms with E-state index in [4.69, 9.17) is 4.18 Å². The van der Waals surface area contributed by atoms with Crippen LogP contribution in [0.4, 0.5) is 5.69 Å². The fraction of sp³-hybridized carbons (Fsp3) is 0.400. The number of benzene rings is 1. The molecule has 0 saturated heterocycles. The van der Waals surface area contributed by atoms with Crippen molar-refractivity contribution in [2.75, 3.05) is 6.26 Å². The summed E-state index contributed by atoms with van der Waals surface area (Å²) in [7, 11) is -3.59. The fourth-order valence-corrected chi connectivity index (χ4v) is 2.08. The van der Waals surface area contributed by atoms with Crippen LogP contribution in [0.1, 0.15) is 25.0 Å². The molecule has 0 unspecified atom stereocenters. The van der Waals surface area contributed by atoms with E-state index < -0.39 is 21.1 Å². The molecule has 1 aromatic carbocycles. The second kappa shape index (κ2) is 5.24. The summed E-state index contributed by atoms with van der Waals surface area (Å²) in [5.41, 5.74) is 0.394. The van der Waals surface area contributed by atoms with Crippen molar-refractivity contribution in [2.24, 2.45) is 0 Å². The number of nitrogens with zero attached hydrogens (tertiary/aromatic N) is 1. The molecular formula is C10H13NO5S. The Hall–Kier alpha value is -1.47. The Morgan fingerprint density at radius 3 is 2.59 bits per heavy atom. The van der Waals surface area contributed by atoms with Crippen LogP contribution >= 0.6 is 0 Å². The molecule has 0 heterocycles. The first-order chi connectivity index (χ1) is 7.83. The number of nitro groups is 1. The lowest BCUT2D eigenvalue weighted by atomic mass is 10.1. The number of non-ortho nitro benzene ring substituents is 1. The maximum atomic E-state index is 11.0. The number of rotatable bonds is 5. The van der Waals surface area contributed by atoms with E-state index in [1.807, 2.05) is 0 Å². The van der Waals surface area contributed by atoms with E-state index in [0.717, 1.165) is 6.26 Å². The second-order valence-electron chi connectivity index (χ2n) is 3.55. The monoisotopic (exact) mass is 259 g/mol. The lowest BCUT2D eigenvalue weighted by Gasteiger charge is -2.14. The first kappa shape index (κ1) is 13.6. The molecule has 0 bridgehead atoms. The maximum absolute atomic E-state index is 11.0. The van der Waals surface area contributed by atoms with Gasteiger partial charge in [-0.1, -0.05) is 19.1 Å². The van der Waals surface area contributed by atoms with Gasteiger partial charge < -0.3 is 0 Å². The van der Waals surface area contributed by atoms with Gasteiger partial charge in [-0.3, -0.25) is 14.3 Å². The summed E-state index contributed by atoms with van der Waals surface area (Å²) < 4.78 is 26.9. The van der Waals surface area contributed by atoms with Crippen LogP contribution in [-0.4, -0.2) is 19.6 Å². The highest BCUT2D eigenvalue weighted by Gasteiger charge is 2.18. The SMILES string of the molecule is CC[C@H](OS(C)(=O)=O)c1cccc([N+](=O)[O-])c1. The van der Waals surface area contributed by atoms with Crippen LogP contribution in [0.15, 0.2) is 24.3 Å². The molecule has 0 aliphatic heterocycles. The highest BCUT2D eigenvalue weighted by molar-refractivity contribution is 7.86.